The molecule has 0 aliphatic rings. The number of methoxy groups -OCH3 is 1. The topological polar surface area (TPSA) is 69.4 Å². The average molecular weight is 330 g/mol. The van der Waals surface area contributed by atoms with Crippen molar-refractivity contribution < 1.29 is 14.3 Å². The van der Waals surface area contributed by atoms with Crippen LogP contribution in [0.4, 0.5) is 4.79 Å². The fourth-order valence-corrected chi connectivity index (χ4v) is 2.12. The van der Waals surface area contributed by atoms with E-state index in [1.807, 2.05) is 24.3 Å². The van der Waals surface area contributed by atoms with Crippen LogP contribution in [0, 0.1) is 0 Å². The van der Waals surface area contributed by atoms with Gasteiger partial charge in [-0.3, -0.25) is 4.79 Å². The van der Waals surface area contributed by atoms with Crippen LogP contribution in [0.5, 0.6) is 0 Å². The normalized spacial score (nSPS) is 11.1. The third kappa shape index (κ3) is 4.54. The van der Waals surface area contributed by atoms with Crippen molar-refractivity contribution in [2.75, 3.05) is 12.9 Å². The number of halogens is 1. The van der Waals surface area contributed by atoms with Crippen molar-refractivity contribution in [2.45, 2.75) is 0 Å². The summed E-state index contributed by atoms with van der Waals surface area (Å²) in [6, 6.07) is 7.44. The van der Waals surface area contributed by atoms with Gasteiger partial charge in [0.05, 0.1) is 7.11 Å². The molecule has 1 amide bonds. The summed E-state index contributed by atoms with van der Waals surface area (Å²) in [6.07, 6.45) is 1.67. The van der Waals surface area contributed by atoms with E-state index in [1.165, 1.54) is 7.11 Å². The molecule has 1 aromatic rings. The lowest BCUT2D eigenvalue weighted by Gasteiger charge is -2.05. The molecule has 0 aliphatic heterocycles. The third-order valence-electron chi connectivity index (χ3n) is 2.05. The third-order valence-corrected chi connectivity index (χ3v) is 3.51. The number of ether oxygens (including phenoxy) is 1. The van der Waals surface area contributed by atoms with Crippen LogP contribution in [0.3, 0.4) is 0 Å². The van der Waals surface area contributed by atoms with Gasteiger partial charge in [0.15, 0.2) is 0 Å². The van der Waals surface area contributed by atoms with Crippen LogP contribution in [0.2, 0.25) is 0 Å². The van der Waals surface area contributed by atoms with Gasteiger partial charge in [0.1, 0.15) is 0 Å². The Morgan fingerprint density at radius 1 is 1.44 bits per heavy atom. The predicted octanol–water partition coefficient (Wildman–Crippen LogP) is 2.82. The Morgan fingerprint density at radius 3 is 2.67 bits per heavy atom. The van der Waals surface area contributed by atoms with Crippen molar-refractivity contribution in [3.63, 3.8) is 0 Å². The molecule has 6 heteroatoms. The number of benzene rings is 1. The minimum atomic E-state index is -0.531. The van der Waals surface area contributed by atoms with Crippen LogP contribution in [0.15, 0.2) is 34.3 Å². The Labute approximate surface area is 118 Å². The van der Waals surface area contributed by atoms with Gasteiger partial charge < -0.3 is 10.5 Å². The zero-order chi connectivity index (χ0) is 13.5. The predicted molar refractivity (Wildman–Crippen MR) is 76.2 cm³/mol. The average Bonchev–Trinajstić information content (AvgIpc) is 2.35. The maximum absolute atomic E-state index is 11.6. The standard InChI is InChI=1S/C12H12BrNO3S/c1-17-11(15)9(7-18-12(14)16)6-8-4-2-3-5-10(8)13/h2-6H,7H2,1H3,(H2,14,16)/b9-6+. The molecule has 1 aromatic carbocycles. The largest absolute Gasteiger partial charge is 0.466 e. The molecule has 0 saturated heterocycles. The highest BCUT2D eigenvalue weighted by molar-refractivity contribution is 9.10. The van der Waals surface area contributed by atoms with Crippen LogP contribution in [0.1, 0.15) is 5.56 Å². The Bertz CT molecular complexity index is 488. The fraction of sp³-hybridized carbons (Fsp3) is 0.167. The molecule has 0 atom stereocenters. The van der Waals surface area contributed by atoms with Crippen LogP contribution >= 0.6 is 27.7 Å². The number of carbonyl (C=O) groups excluding carboxylic acids is 2. The zero-order valence-electron chi connectivity index (χ0n) is 9.68. The van der Waals surface area contributed by atoms with E-state index in [9.17, 15) is 9.59 Å². The molecule has 0 heterocycles. The summed E-state index contributed by atoms with van der Waals surface area (Å²) < 4.78 is 5.53. The number of primary amides is 1. The van der Waals surface area contributed by atoms with Crippen LogP contribution in [-0.2, 0) is 9.53 Å². The number of hydrogen-bond acceptors (Lipinski definition) is 4. The summed E-state index contributed by atoms with van der Waals surface area (Å²) in [5, 5.41) is -0.531. The molecule has 0 radical (unpaired) electrons. The lowest BCUT2D eigenvalue weighted by atomic mass is 10.1. The molecule has 0 fully saturated rings. The van der Waals surface area contributed by atoms with E-state index in [-0.39, 0.29) is 5.75 Å². The highest BCUT2D eigenvalue weighted by Gasteiger charge is 2.12. The second kappa shape index (κ2) is 7.23. The SMILES string of the molecule is COC(=O)/C(=C/c1ccccc1Br)CSC(N)=O. The van der Waals surface area contributed by atoms with Gasteiger partial charge in [0.2, 0.25) is 0 Å². The first-order valence-corrected chi connectivity index (χ1v) is 6.78. The first kappa shape index (κ1) is 14.8. The molecule has 0 spiro atoms. The minimum Gasteiger partial charge on any atom is -0.466 e. The van der Waals surface area contributed by atoms with Gasteiger partial charge in [0.25, 0.3) is 5.24 Å². The minimum absolute atomic E-state index is 0.184. The monoisotopic (exact) mass is 329 g/mol. The van der Waals surface area contributed by atoms with Crippen LogP contribution in [-0.4, -0.2) is 24.1 Å². The number of amides is 1. The molecule has 1 rings (SSSR count). The van der Waals surface area contributed by atoms with E-state index in [0.717, 1.165) is 21.8 Å². The van der Waals surface area contributed by atoms with Gasteiger partial charge in [-0.15, -0.1) is 0 Å². The zero-order valence-corrected chi connectivity index (χ0v) is 12.1. The van der Waals surface area contributed by atoms with Gasteiger partial charge in [-0.2, -0.15) is 0 Å². The summed E-state index contributed by atoms with van der Waals surface area (Å²) in [5.74, 6) is -0.289. The highest BCUT2D eigenvalue weighted by atomic mass is 79.9. The van der Waals surface area contributed by atoms with E-state index in [2.05, 4.69) is 20.7 Å². The Kier molecular flexibility index (Phi) is 5.94. The molecule has 2 N–H and O–H groups in total. The lowest BCUT2D eigenvalue weighted by molar-refractivity contribution is -0.135. The Morgan fingerprint density at radius 2 is 2.11 bits per heavy atom. The number of carbonyl (C=O) groups is 2. The van der Waals surface area contributed by atoms with E-state index < -0.39 is 11.2 Å². The number of thioether (sulfide) groups is 1. The molecule has 4 nitrogen and oxygen atoms in total. The number of nitrogens with two attached hydrogens (primary N) is 1. The first-order chi connectivity index (χ1) is 8.54. The van der Waals surface area contributed by atoms with Crippen LogP contribution < -0.4 is 5.73 Å². The van der Waals surface area contributed by atoms with Gasteiger partial charge in [-0.05, 0) is 17.7 Å². The second-order valence-corrected chi connectivity index (χ2v) is 5.12. The molecule has 0 aromatic heterocycles. The molecular weight excluding hydrogens is 318 g/mol. The van der Waals surface area contributed by atoms with Crippen LogP contribution in [0.25, 0.3) is 6.08 Å². The summed E-state index contributed by atoms with van der Waals surface area (Å²) in [6.45, 7) is 0. The summed E-state index contributed by atoms with van der Waals surface area (Å²) in [7, 11) is 1.30. The van der Waals surface area contributed by atoms with Gasteiger partial charge in [0, 0.05) is 15.8 Å². The smallest absolute Gasteiger partial charge is 0.334 e. The number of esters is 1. The number of rotatable bonds is 4. The number of hydrogen-bond donors (Lipinski definition) is 1. The molecule has 0 aliphatic carbocycles. The summed E-state index contributed by atoms with van der Waals surface area (Å²) in [5.41, 5.74) is 6.26. The van der Waals surface area contributed by atoms with Gasteiger partial charge in [-0.1, -0.05) is 45.9 Å². The van der Waals surface area contributed by atoms with E-state index >= 15 is 0 Å². The van der Waals surface area contributed by atoms with E-state index in [0.29, 0.717) is 5.57 Å². The van der Waals surface area contributed by atoms with Crippen molar-refractivity contribution >= 4 is 45.0 Å². The maximum Gasteiger partial charge on any atom is 0.334 e. The fourth-order valence-electron chi connectivity index (χ4n) is 1.22. The van der Waals surface area contributed by atoms with Crippen molar-refractivity contribution in [1.82, 2.24) is 0 Å². The highest BCUT2D eigenvalue weighted by Crippen LogP contribution is 2.21. The van der Waals surface area contributed by atoms with Crippen molar-refractivity contribution in [1.29, 1.82) is 0 Å². The van der Waals surface area contributed by atoms with Crippen molar-refractivity contribution in [3.05, 3.63) is 39.9 Å². The quantitative estimate of drug-likeness (QED) is 0.681. The first-order valence-electron chi connectivity index (χ1n) is 5.00. The Hall–Kier alpha value is -1.27. The van der Waals surface area contributed by atoms with Crippen molar-refractivity contribution in [2.24, 2.45) is 5.73 Å². The molecular formula is C12H12BrNO3S. The second-order valence-electron chi connectivity index (χ2n) is 3.29. The lowest BCUT2D eigenvalue weighted by Crippen LogP contribution is -2.10. The molecule has 0 saturated carbocycles. The Balaban J connectivity index is 2.98. The van der Waals surface area contributed by atoms with Gasteiger partial charge in [-0.25, -0.2) is 4.79 Å². The van der Waals surface area contributed by atoms with E-state index in [4.69, 9.17) is 5.73 Å². The molecule has 18 heavy (non-hydrogen) atoms. The molecule has 96 valence electrons. The molecule has 0 bridgehead atoms. The molecule has 0 unspecified atom stereocenters. The maximum atomic E-state index is 11.6. The summed E-state index contributed by atoms with van der Waals surface area (Å²) >= 11 is 4.24. The van der Waals surface area contributed by atoms with Gasteiger partial charge >= 0.3 is 5.97 Å². The van der Waals surface area contributed by atoms with Crippen molar-refractivity contribution in [3.8, 4) is 0 Å². The summed E-state index contributed by atoms with van der Waals surface area (Å²) in [4.78, 5) is 22.3. The van der Waals surface area contributed by atoms with E-state index in [1.54, 1.807) is 6.08 Å².